The van der Waals surface area contributed by atoms with Crippen molar-refractivity contribution in [2.75, 3.05) is 4.72 Å². The van der Waals surface area contributed by atoms with Gasteiger partial charge in [-0.2, -0.15) is 0 Å². The van der Waals surface area contributed by atoms with Crippen molar-refractivity contribution in [3.05, 3.63) is 68.0 Å². The highest BCUT2D eigenvalue weighted by molar-refractivity contribution is 9.10. The molecule has 0 aliphatic rings. The number of anilines is 1. The van der Waals surface area contributed by atoms with Crippen LogP contribution in [0.4, 0.5) is 10.8 Å². The van der Waals surface area contributed by atoms with Crippen molar-refractivity contribution in [3.8, 4) is 11.3 Å². The predicted octanol–water partition coefficient (Wildman–Crippen LogP) is 4.84. The zero-order valence-electron chi connectivity index (χ0n) is 14.0. The van der Waals surface area contributed by atoms with E-state index in [1.165, 1.54) is 29.5 Å². The fourth-order valence-electron chi connectivity index (χ4n) is 2.41. The van der Waals surface area contributed by atoms with Gasteiger partial charge in [0.25, 0.3) is 15.7 Å². The van der Waals surface area contributed by atoms with Crippen LogP contribution < -0.4 is 4.72 Å². The van der Waals surface area contributed by atoms with E-state index >= 15 is 0 Å². The highest BCUT2D eigenvalue weighted by Crippen LogP contribution is 2.33. The Hall–Kier alpha value is -2.30. The molecule has 0 bridgehead atoms. The number of non-ortho nitro benzene ring substituents is 1. The van der Waals surface area contributed by atoms with Crippen LogP contribution in [-0.2, 0) is 16.4 Å². The summed E-state index contributed by atoms with van der Waals surface area (Å²) in [6.07, 6.45) is 0.696. The normalized spacial score (nSPS) is 11.3. The third-order valence-corrected chi connectivity index (χ3v) is 6.81. The fraction of sp³-hybridized carbons (Fsp3) is 0.118. The first-order valence-electron chi connectivity index (χ1n) is 7.83. The van der Waals surface area contributed by atoms with Gasteiger partial charge in [0.05, 0.1) is 15.5 Å². The Kier molecular flexibility index (Phi) is 5.59. The van der Waals surface area contributed by atoms with Gasteiger partial charge < -0.3 is 0 Å². The third kappa shape index (κ3) is 4.34. The molecule has 0 saturated heterocycles. The molecule has 140 valence electrons. The van der Waals surface area contributed by atoms with Crippen LogP contribution in [0, 0.1) is 10.1 Å². The van der Waals surface area contributed by atoms with Gasteiger partial charge in [-0.3, -0.25) is 14.8 Å². The topological polar surface area (TPSA) is 102 Å². The number of aromatic nitrogens is 1. The monoisotopic (exact) mass is 467 g/mol. The van der Waals surface area contributed by atoms with Crippen molar-refractivity contribution in [1.82, 2.24) is 4.98 Å². The zero-order chi connectivity index (χ0) is 19.6. The quantitative estimate of drug-likeness (QED) is 0.412. The van der Waals surface area contributed by atoms with Gasteiger partial charge in [-0.15, -0.1) is 11.3 Å². The molecule has 3 aromatic rings. The number of thiazole rings is 1. The lowest BCUT2D eigenvalue weighted by molar-refractivity contribution is -0.385. The number of halogens is 1. The van der Waals surface area contributed by atoms with Gasteiger partial charge in [-0.05, 0) is 24.6 Å². The molecule has 10 heteroatoms. The molecule has 0 spiro atoms. The lowest BCUT2D eigenvalue weighted by Gasteiger charge is -2.04. The maximum Gasteiger partial charge on any atom is 0.270 e. The zero-order valence-corrected chi connectivity index (χ0v) is 17.3. The van der Waals surface area contributed by atoms with E-state index in [9.17, 15) is 18.5 Å². The summed E-state index contributed by atoms with van der Waals surface area (Å²) in [6, 6.07) is 12.5. The van der Waals surface area contributed by atoms with Gasteiger partial charge in [0, 0.05) is 27.0 Å². The Labute approximate surface area is 168 Å². The van der Waals surface area contributed by atoms with Gasteiger partial charge in [0.15, 0.2) is 5.13 Å². The van der Waals surface area contributed by atoms with Crippen molar-refractivity contribution in [1.29, 1.82) is 0 Å². The molecule has 1 N–H and O–H groups in total. The number of benzene rings is 2. The van der Waals surface area contributed by atoms with Gasteiger partial charge in [-0.1, -0.05) is 41.1 Å². The average molecular weight is 468 g/mol. The summed E-state index contributed by atoms with van der Waals surface area (Å²) in [7, 11) is -3.98. The lowest BCUT2D eigenvalue weighted by atomic mass is 10.1. The predicted molar refractivity (Wildman–Crippen MR) is 109 cm³/mol. The molecule has 0 saturated carbocycles. The van der Waals surface area contributed by atoms with E-state index in [1.54, 1.807) is 0 Å². The number of aryl methyl sites for hydroxylation is 1. The van der Waals surface area contributed by atoms with Crippen LogP contribution in [0.15, 0.2) is 57.9 Å². The molecular weight excluding hydrogens is 454 g/mol. The number of nitrogens with one attached hydrogen (secondary N) is 1. The number of hydrogen-bond donors (Lipinski definition) is 1. The van der Waals surface area contributed by atoms with Crippen LogP contribution in [-0.4, -0.2) is 18.3 Å². The number of hydrogen-bond acceptors (Lipinski definition) is 6. The Morgan fingerprint density at radius 2 is 1.93 bits per heavy atom. The van der Waals surface area contributed by atoms with Crippen molar-refractivity contribution in [2.24, 2.45) is 0 Å². The van der Waals surface area contributed by atoms with Crippen molar-refractivity contribution >= 4 is 48.1 Å². The molecule has 3 rings (SSSR count). The molecule has 0 aliphatic heterocycles. The summed E-state index contributed by atoms with van der Waals surface area (Å²) in [5.41, 5.74) is 1.31. The molecule has 0 radical (unpaired) electrons. The molecule has 7 nitrogen and oxygen atoms in total. The molecule has 1 aromatic heterocycles. The number of nitro groups is 1. The second-order valence-corrected chi connectivity index (χ2v) is 9.19. The third-order valence-electron chi connectivity index (χ3n) is 3.70. The number of nitro benzene ring substituents is 1. The van der Waals surface area contributed by atoms with Crippen molar-refractivity contribution in [2.45, 2.75) is 18.2 Å². The first kappa shape index (κ1) is 19.5. The fourth-order valence-corrected chi connectivity index (χ4v) is 4.87. The number of sulfonamides is 1. The summed E-state index contributed by atoms with van der Waals surface area (Å²) in [5, 5.41) is 11.1. The standard InChI is InChI=1S/C17H14BrN3O4S2/c1-2-15-16(11-6-8-12(18)9-7-11)19-17(26-15)20-27(24,25)14-5-3-4-13(10-14)21(22)23/h3-10H,2H2,1H3,(H,19,20). The molecule has 0 atom stereocenters. The minimum absolute atomic E-state index is 0.185. The first-order valence-corrected chi connectivity index (χ1v) is 10.9. The van der Waals surface area contributed by atoms with Crippen molar-refractivity contribution in [3.63, 3.8) is 0 Å². The van der Waals surface area contributed by atoms with Crippen LogP contribution in [0.25, 0.3) is 11.3 Å². The second-order valence-electron chi connectivity index (χ2n) is 5.51. The smallest absolute Gasteiger partial charge is 0.258 e. The van der Waals surface area contributed by atoms with E-state index in [0.717, 1.165) is 21.0 Å². The largest absolute Gasteiger partial charge is 0.270 e. The van der Waals surface area contributed by atoms with E-state index in [-0.39, 0.29) is 15.7 Å². The Morgan fingerprint density at radius 3 is 2.56 bits per heavy atom. The van der Waals surface area contributed by atoms with Gasteiger partial charge in [0.2, 0.25) is 0 Å². The minimum atomic E-state index is -3.98. The molecular formula is C17H14BrN3O4S2. The van der Waals surface area contributed by atoms with Gasteiger partial charge in [0.1, 0.15) is 0 Å². The van der Waals surface area contributed by atoms with Gasteiger partial charge >= 0.3 is 0 Å². The highest BCUT2D eigenvalue weighted by atomic mass is 79.9. The summed E-state index contributed by atoms with van der Waals surface area (Å²) in [5.74, 6) is 0. The van der Waals surface area contributed by atoms with E-state index in [2.05, 4.69) is 25.6 Å². The maximum atomic E-state index is 12.6. The maximum absolute atomic E-state index is 12.6. The summed E-state index contributed by atoms with van der Waals surface area (Å²) < 4.78 is 28.5. The minimum Gasteiger partial charge on any atom is -0.258 e. The first-order chi connectivity index (χ1) is 12.8. The van der Waals surface area contributed by atoms with E-state index in [0.29, 0.717) is 12.1 Å². The van der Waals surface area contributed by atoms with E-state index < -0.39 is 14.9 Å². The van der Waals surface area contributed by atoms with E-state index in [1.807, 2.05) is 31.2 Å². The molecule has 1 heterocycles. The summed E-state index contributed by atoms with van der Waals surface area (Å²) in [6.45, 7) is 1.97. The van der Waals surface area contributed by atoms with Gasteiger partial charge in [-0.25, -0.2) is 13.4 Å². The summed E-state index contributed by atoms with van der Waals surface area (Å²) >= 11 is 4.63. The number of nitrogens with zero attached hydrogens (tertiary/aromatic N) is 2. The molecule has 27 heavy (non-hydrogen) atoms. The molecule has 2 aromatic carbocycles. The van der Waals surface area contributed by atoms with Crippen LogP contribution in [0.1, 0.15) is 11.8 Å². The van der Waals surface area contributed by atoms with E-state index in [4.69, 9.17) is 0 Å². The van der Waals surface area contributed by atoms with Crippen LogP contribution in [0.2, 0.25) is 0 Å². The molecule has 0 fully saturated rings. The Balaban J connectivity index is 1.94. The Morgan fingerprint density at radius 1 is 1.22 bits per heavy atom. The molecule has 0 unspecified atom stereocenters. The lowest BCUT2D eigenvalue weighted by Crippen LogP contribution is -2.13. The van der Waals surface area contributed by atoms with Crippen LogP contribution >= 0.6 is 27.3 Å². The SMILES string of the molecule is CCc1sc(NS(=O)(=O)c2cccc([N+](=O)[O-])c2)nc1-c1ccc(Br)cc1. The van der Waals surface area contributed by atoms with Crippen LogP contribution in [0.5, 0.6) is 0 Å². The van der Waals surface area contributed by atoms with Crippen molar-refractivity contribution < 1.29 is 13.3 Å². The molecule has 0 amide bonds. The van der Waals surface area contributed by atoms with Crippen LogP contribution in [0.3, 0.4) is 0 Å². The number of rotatable bonds is 6. The second kappa shape index (κ2) is 7.75. The molecule has 0 aliphatic carbocycles. The Bertz CT molecular complexity index is 1100. The highest BCUT2D eigenvalue weighted by Gasteiger charge is 2.21. The average Bonchev–Trinajstić information content (AvgIpc) is 3.04. The summed E-state index contributed by atoms with van der Waals surface area (Å²) in [4.78, 5) is 15.4.